The molecule has 16 heavy (non-hydrogen) atoms. The van der Waals surface area contributed by atoms with Crippen LogP contribution in [0.5, 0.6) is 0 Å². The van der Waals surface area contributed by atoms with E-state index in [2.05, 4.69) is 22.9 Å². The average molecular weight is 305 g/mol. The molecule has 0 radical (unpaired) electrons. The minimum Gasteiger partial charge on any atom is -0.339 e. The van der Waals surface area contributed by atoms with Gasteiger partial charge in [-0.25, -0.2) is 0 Å². The molecule has 88 valence electrons. The van der Waals surface area contributed by atoms with Gasteiger partial charge in [0.15, 0.2) is 0 Å². The highest BCUT2D eigenvalue weighted by molar-refractivity contribution is 9.10. The van der Waals surface area contributed by atoms with Crippen molar-refractivity contribution < 1.29 is 4.79 Å². The van der Waals surface area contributed by atoms with Crippen LogP contribution in [-0.2, 0) is 0 Å². The van der Waals surface area contributed by atoms with Gasteiger partial charge in [0.2, 0.25) is 0 Å². The van der Waals surface area contributed by atoms with E-state index in [9.17, 15) is 4.79 Å². The molecule has 2 nitrogen and oxygen atoms in total. The van der Waals surface area contributed by atoms with E-state index in [0.29, 0.717) is 10.6 Å². The average Bonchev–Trinajstić information content (AvgIpc) is 2.28. The van der Waals surface area contributed by atoms with E-state index in [-0.39, 0.29) is 5.91 Å². The molecule has 0 aliphatic rings. The van der Waals surface area contributed by atoms with Gasteiger partial charge in [0.1, 0.15) is 0 Å². The number of carbonyl (C=O) groups is 1. The Bertz CT molecular complexity index is 381. The molecule has 1 amide bonds. The molecule has 0 saturated carbocycles. The van der Waals surface area contributed by atoms with Gasteiger partial charge in [0.05, 0.1) is 5.02 Å². The third-order valence-electron chi connectivity index (χ3n) is 2.33. The summed E-state index contributed by atoms with van der Waals surface area (Å²) in [5, 5.41) is 0.568. The molecule has 0 aliphatic carbocycles. The van der Waals surface area contributed by atoms with Gasteiger partial charge in [-0.2, -0.15) is 0 Å². The Kier molecular flexibility index (Phi) is 5.29. The Labute approximate surface area is 110 Å². The molecule has 1 aromatic rings. The van der Waals surface area contributed by atoms with Crippen molar-refractivity contribution in [1.29, 1.82) is 0 Å². The Morgan fingerprint density at radius 1 is 1.44 bits per heavy atom. The zero-order chi connectivity index (χ0) is 12.1. The summed E-state index contributed by atoms with van der Waals surface area (Å²) in [6, 6.07) is 5.29. The van der Waals surface area contributed by atoms with Crippen molar-refractivity contribution in [3.63, 3.8) is 0 Å². The van der Waals surface area contributed by atoms with Gasteiger partial charge >= 0.3 is 0 Å². The summed E-state index contributed by atoms with van der Waals surface area (Å²) in [6.45, 7) is 5.54. The lowest BCUT2D eigenvalue weighted by Crippen LogP contribution is -2.31. The molecular weight excluding hydrogens is 289 g/mol. The Morgan fingerprint density at radius 3 is 2.62 bits per heavy atom. The van der Waals surface area contributed by atoms with Crippen molar-refractivity contribution in [2.45, 2.75) is 20.3 Å². The first-order valence-electron chi connectivity index (χ1n) is 5.34. The number of halogens is 2. The Morgan fingerprint density at radius 2 is 2.12 bits per heavy atom. The zero-order valence-electron chi connectivity index (χ0n) is 9.46. The van der Waals surface area contributed by atoms with Gasteiger partial charge in [-0.3, -0.25) is 4.79 Å². The number of benzene rings is 1. The van der Waals surface area contributed by atoms with Crippen molar-refractivity contribution in [2.75, 3.05) is 13.1 Å². The number of hydrogen-bond acceptors (Lipinski definition) is 1. The Balaban J connectivity index is 2.90. The molecule has 0 fully saturated rings. The smallest absolute Gasteiger partial charge is 0.253 e. The highest BCUT2D eigenvalue weighted by Crippen LogP contribution is 2.23. The molecule has 0 unspecified atom stereocenters. The van der Waals surface area contributed by atoms with Crippen LogP contribution in [-0.4, -0.2) is 23.9 Å². The molecule has 0 spiro atoms. The standard InChI is InChI=1S/C12H15BrClNO/c1-3-7-15(4-2)12(16)9-5-6-10(13)11(14)8-9/h5-6,8H,3-4,7H2,1-2H3. The molecule has 4 heteroatoms. The molecule has 0 saturated heterocycles. The van der Waals surface area contributed by atoms with Crippen molar-refractivity contribution >= 4 is 33.4 Å². The number of hydrogen-bond donors (Lipinski definition) is 0. The zero-order valence-corrected chi connectivity index (χ0v) is 11.8. The summed E-state index contributed by atoms with van der Waals surface area (Å²) in [7, 11) is 0. The Hall–Kier alpha value is -0.540. The largest absolute Gasteiger partial charge is 0.339 e. The molecule has 0 N–H and O–H groups in total. The van der Waals surface area contributed by atoms with E-state index in [4.69, 9.17) is 11.6 Å². The second-order valence-corrected chi connectivity index (χ2v) is 4.78. The second-order valence-electron chi connectivity index (χ2n) is 3.51. The van der Waals surface area contributed by atoms with E-state index in [1.54, 1.807) is 18.2 Å². The number of amides is 1. The predicted molar refractivity (Wildman–Crippen MR) is 71.0 cm³/mol. The summed E-state index contributed by atoms with van der Waals surface area (Å²) in [6.07, 6.45) is 0.962. The maximum atomic E-state index is 12.1. The van der Waals surface area contributed by atoms with Crippen molar-refractivity contribution in [3.05, 3.63) is 33.3 Å². The molecular formula is C12H15BrClNO. The highest BCUT2D eigenvalue weighted by Gasteiger charge is 2.13. The molecule has 0 heterocycles. The van der Waals surface area contributed by atoms with E-state index in [1.807, 2.05) is 11.8 Å². The van der Waals surface area contributed by atoms with Gasteiger partial charge in [-0.1, -0.05) is 18.5 Å². The second kappa shape index (κ2) is 6.26. The first kappa shape index (κ1) is 13.5. The quantitative estimate of drug-likeness (QED) is 0.824. The molecule has 0 bridgehead atoms. The maximum Gasteiger partial charge on any atom is 0.253 e. The molecule has 1 aromatic carbocycles. The van der Waals surface area contributed by atoms with Crippen LogP contribution in [0.2, 0.25) is 5.02 Å². The van der Waals surface area contributed by atoms with Crippen LogP contribution in [0.3, 0.4) is 0 Å². The van der Waals surface area contributed by atoms with E-state index >= 15 is 0 Å². The fourth-order valence-corrected chi connectivity index (χ4v) is 1.91. The van der Waals surface area contributed by atoms with Crippen LogP contribution in [0.4, 0.5) is 0 Å². The van der Waals surface area contributed by atoms with Crippen LogP contribution in [0.1, 0.15) is 30.6 Å². The van der Waals surface area contributed by atoms with Crippen molar-refractivity contribution in [3.8, 4) is 0 Å². The summed E-state index contributed by atoms with van der Waals surface area (Å²) in [5.74, 6) is 0.0405. The third-order valence-corrected chi connectivity index (χ3v) is 3.56. The lowest BCUT2D eigenvalue weighted by molar-refractivity contribution is 0.0764. The fraction of sp³-hybridized carbons (Fsp3) is 0.417. The first-order valence-corrected chi connectivity index (χ1v) is 6.51. The lowest BCUT2D eigenvalue weighted by atomic mass is 10.2. The maximum absolute atomic E-state index is 12.1. The predicted octanol–water partition coefficient (Wildman–Crippen LogP) is 3.97. The van der Waals surface area contributed by atoms with E-state index in [1.165, 1.54) is 0 Å². The van der Waals surface area contributed by atoms with E-state index < -0.39 is 0 Å². The van der Waals surface area contributed by atoms with Crippen molar-refractivity contribution in [1.82, 2.24) is 4.90 Å². The minimum atomic E-state index is 0.0405. The topological polar surface area (TPSA) is 20.3 Å². The first-order chi connectivity index (χ1) is 7.60. The van der Waals surface area contributed by atoms with Gasteiger partial charge in [0.25, 0.3) is 5.91 Å². The fourth-order valence-electron chi connectivity index (χ4n) is 1.48. The normalized spacial score (nSPS) is 10.2. The molecule has 0 aromatic heterocycles. The molecule has 0 atom stereocenters. The van der Waals surface area contributed by atoms with Crippen LogP contribution < -0.4 is 0 Å². The number of rotatable bonds is 4. The van der Waals surface area contributed by atoms with Crippen LogP contribution in [0.15, 0.2) is 22.7 Å². The van der Waals surface area contributed by atoms with Crippen LogP contribution >= 0.6 is 27.5 Å². The van der Waals surface area contributed by atoms with Crippen LogP contribution in [0, 0.1) is 0 Å². The molecule has 1 rings (SSSR count). The highest BCUT2D eigenvalue weighted by atomic mass is 79.9. The van der Waals surface area contributed by atoms with Gasteiger partial charge < -0.3 is 4.90 Å². The summed E-state index contributed by atoms with van der Waals surface area (Å²) in [4.78, 5) is 13.9. The minimum absolute atomic E-state index is 0.0405. The summed E-state index contributed by atoms with van der Waals surface area (Å²) >= 11 is 9.27. The summed E-state index contributed by atoms with van der Waals surface area (Å²) in [5.41, 5.74) is 0.642. The van der Waals surface area contributed by atoms with Gasteiger partial charge in [-0.05, 0) is 47.5 Å². The number of nitrogens with zero attached hydrogens (tertiary/aromatic N) is 1. The lowest BCUT2D eigenvalue weighted by Gasteiger charge is -2.20. The third kappa shape index (κ3) is 3.22. The van der Waals surface area contributed by atoms with Gasteiger partial charge in [0, 0.05) is 23.1 Å². The van der Waals surface area contributed by atoms with Gasteiger partial charge in [-0.15, -0.1) is 0 Å². The monoisotopic (exact) mass is 303 g/mol. The van der Waals surface area contributed by atoms with Crippen LogP contribution in [0.25, 0.3) is 0 Å². The summed E-state index contributed by atoms with van der Waals surface area (Å²) < 4.78 is 0.809. The van der Waals surface area contributed by atoms with Crippen molar-refractivity contribution in [2.24, 2.45) is 0 Å². The SMILES string of the molecule is CCCN(CC)C(=O)c1ccc(Br)c(Cl)c1. The molecule has 0 aliphatic heterocycles. The number of carbonyl (C=O) groups excluding carboxylic acids is 1. The van der Waals surface area contributed by atoms with E-state index in [0.717, 1.165) is 24.0 Å².